The molecule has 0 spiro atoms. The number of nitrogens with zero attached hydrogens (tertiary/aromatic N) is 1. The van der Waals surface area contributed by atoms with Crippen LogP contribution in [0.4, 0.5) is 0 Å². The van der Waals surface area contributed by atoms with Gasteiger partial charge in [-0.15, -0.1) is 0 Å². The molecule has 0 aromatic heterocycles. The predicted molar refractivity (Wildman–Crippen MR) is 76.5 cm³/mol. The van der Waals surface area contributed by atoms with E-state index < -0.39 is 0 Å². The van der Waals surface area contributed by atoms with Crippen LogP contribution >= 0.6 is 0 Å². The van der Waals surface area contributed by atoms with Gasteiger partial charge in [0, 0.05) is 0 Å². The van der Waals surface area contributed by atoms with Crippen molar-refractivity contribution in [3.05, 3.63) is 59.2 Å². The Morgan fingerprint density at radius 3 is 2.32 bits per heavy atom. The molecule has 2 aromatic carbocycles. The van der Waals surface area contributed by atoms with Crippen molar-refractivity contribution < 1.29 is 4.74 Å². The van der Waals surface area contributed by atoms with Crippen molar-refractivity contribution in [2.45, 2.75) is 26.7 Å². The third kappa shape index (κ3) is 2.95. The van der Waals surface area contributed by atoms with Crippen molar-refractivity contribution >= 4 is 0 Å². The van der Waals surface area contributed by atoms with Crippen LogP contribution in [0, 0.1) is 18.3 Å². The van der Waals surface area contributed by atoms with Gasteiger partial charge < -0.3 is 4.74 Å². The highest BCUT2D eigenvalue weighted by Gasteiger charge is 2.07. The molecule has 0 aliphatic heterocycles. The van der Waals surface area contributed by atoms with E-state index in [1.807, 2.05) is 37.3 Å². The normalized spacial score (nSPS) is 10.3. The van der Waals surface area contributed by atoms with Gasteiger partial charge in [-0.05, 0) is 42.2 Å². The van der Waals surface area contributed by atoms with Gasteiger partial charge in [0.1, 0.15) is 17.6 Å². The largest absolute Gasteiger partial charge is 0.456 e. The monoisotopic (exact) mass is 251 g/mol. The van der Waals surface area contributed by atoms with Crippen LogP contribution in [-0.2, 0) is 0 Å². The van der Waals surface area contributed by atoms with E-state index in [0.717, 1.165) is 11.3 Å². The SMILES string of the molecule is Cc1cccc(Oc2ccc(C(C)C)cc2)c1C#N. The Morgan fingerprint density at radius 1 is 1.05 bits per heavy atom. The second-order valence-electron chi connectivity index (χ2n) is 4.89. The molecule has 0 aliphatic rings. The molecular formula is C17H17NO. The van der Waals surface area contributed by atoms with E-state index in [1.165, 1.54) is 5.56 Å². The molecule has 0 unspecified atom stereocenters. The van der Waals surface area contributed by atoms with Gasteiger partial charge in [0.15, 0.2) is 0 Å². The lowest BCUT2D eigenvalue weighted by atomic mass is 10.0. The molecule has 0 heterocycles. The van der Waals surface area contributed by atoms with Gasteiger partial charge in [-0.2, -0.15) is 5.26 Å². The van der Waals surface area contributed by atoms with E-state index in [9.17, 15) is 0 Å². The molecule has 0 aliphatic carbocycles. The maximum Gasteiger partial charge on any atom is 0.145 e. The van der Waals surface area contributed by atoms with Crippen molar-refractivity contribution in [2.24, 2.45) is 0 Å². The first-order valence-electron chi connectivity index (χ1n) is 6.39. The number of benzene rings is 2. The van der Waals surface area contributed by atoms with Gasteiger partial charge >= 0.3 is 0 Å². The van der Waals surface area contributed by atoms with E-state index in [2.05, 4.69) is 32.0 Å². The smallest absolute Gasteiger partial charge is 0.145 e. The van der Waals surface area contributed by atoms with Crippen LogP contribution in [0.2, 0.25) is 0 Å². The van der Waals surface area contributed by atoms with Gasteiger partial charge in [0.05, 0.1) is 5.56 Å². The second-order valence-corrected chi connectivity index (χ2v) is 4.89. The Hall–Kier alpha value is -2.27. The lowest BCUT2D eigenvalue weighted by Crippen LogP contribution is -1.92. The molecule has 0 atom stereocenters. The van der Waals surface area contributed by atoms with E-state index in [1.54, 1.807) is 0 Å². The van der Waals surface area contributed by atoms with E-state index in [4.69, 9.17) is 10.00 Å². The van der Waals surface area contributed by atoms with Gasteiger partial charge in [0.2, 0.25) is 0 Å². The molecule has 0 radical (unpaired) electrons. The lowest BCUT2D eigenvalue weighted by Gasteiger charge is -2.10. The molecule has 0 fully saturated rings. The van der Waals surface area contributed by atoms with E-state index in [-0.39, 0.29) is 0 Å². The van der Waals surface area contributed by atoms with Crippen molar-refractivity contribution in [1.82, 2.24) is 0 Å². The molecule has 2 nitrogen and oxygen atoms in total. The molecule has 0 bridgehead atoms. The zero-order valence-electron chi connectivity index (χ0n) is 11.5. The summed E-state index contributed by atoms with van der Waals surface area (Å²) >= 11 is 0. The minimum atomic E-state index is 0.502. The minimum absolute atomic E-state index is 0.502. The maximum absolute atomic E-state index is 9.16. The van der Waals surface area contributed by atoms with Crippen LogP contribution in [0.25, 0.3) is 0 Å². The van der Waals surface area contributed by atoms with Crippen molar-refractivity contribution in [1.29, 1.82) is 5.26 Å². The Bertz CT molecular complexity index is 606. The summed E-state index contributed by atoms with van der Waals surface area (Å²) < 4.78 is 5.79. The molecule has 19 heavy (non-hydrogen) atoms. The first-order valence-corrected chi connectivity index (χ1v) is 6.39. The first kappa shape index (κ1) is 13.2. The quantitative estimate of drug-likeness (QED) is 0.786. The Balaban J connectivity index is 2.27. The van der Waals surface area contributed by atoms with Crippen LogP contribution in [0.3, 0.4) is 0 Å². The van der Waals surface area contributed by atoms with Crippen LogP contribution in [0.1, 0.15) is 36.5 Å². The molecule has 96 valence electrons. The summed E-state index contributed by atoms with van der Waals surface area (Å²) in [5, 5.41) is 9.16. The molecule has 0 saturated carbocycles. The minimum Gasteiger partial charge on any atom is -0.456 e. The fourth-order valence-corrected chi connectivity index (χ4v) is 1.92. The van der Waals surface area contributed by atoms with Crippen molar-refractivity contribution in [3.63, 3.8) is 0 Å². The Morgan fingerprint density at radius 2 is 1.74 bits per heavy atom. The average Bonchev–Trinajstić information content (AvgIpc) is 2.39. The van der Waals surface area contributed by atoms with E-state index >= 15 is 0 Å². The summed E-state index contributed by atoms with van der Waals surface area (Å²) in [5.74, 6) is 1.87. The summed E-state index contributed by atoms with van der Waals surface area (Å²) in [6, 6.07) is 15.8. The molecule has 0 saturated heterocycles. The third-order valence-electron chi connectivity index (χ3n) is 3.12. The Kier molecular flexibility index (Phi) is 3.87. The van der Waals surface area contributed by atoms with Gasteiger partial charge in [0.25, 0.3) is 0 Å². The van der Waals surface area contributed by atoms with E-state index in [0.29, 0.717) is 17.2 Å². The molecular weight excluding hydrogens is 234 g/mol. The Labute approximate surface area is 114 Å². The molecule has 2 aromatic rings. The predicted octanol–water partition coefficient (Wildman–Crippen LogP) is 4.78. The van der Waals surface area contributed by atoms with Crippen LogP contribution in [0.15, 0.2) is 42.5 Å². The third-order valence-corrected chi connectivity index (χ3v) is 3.12. The summed E-state index contributed by atoms with van der Waals surface area (Å²) in [5.41, 5.74) is 2.80. The standard InChI is InChI=1S/C17H17NO/c1-12(2)14-7-9-15(10-8-14)19-17-6-4-5-13(3)16(17)11-18/h4-10,12H,1-3H3. The number of rotatable bonds is 3. The summed E-state index contributed by atoms with van der Waals surface area (Å²) in [4.78, 5) is 0. The first-order chi connectivity index (χ1) is 9.11. The van der Waals surface area contributed by atoms with Gasteiger partial charge in [-0.25, -0.2) is 0 Å². The van der Waals surface area contributed by atoms with Crippen LogP contribution < -0.4 is 4.74 Å². The lowest BCUT2D eigenvalue weighted by molar-refractivity contribution is 0.480. The van der Waals surface area contributed by atoms with Crippen molar-refractivity contribution in [3.8, 4) is 17.6 Å². The van der Waals surface area contributed by atoms with Crippen LogP contribution in [-0.4, -0.2) is 0 Å². The zero-order chi connectivity index (χ0) is 13.8. The highest BCUT2D eigenvalue weighted by molar-refractivity contribution is 5.50. The fraction of sp³-hybridized carbons (Fsp3) is 0.235. The topological polar surface area (TPSA) is 33.0 Å². The average molecular weight is 251 g/mol. The van der Waals surface area contributed by atoms with Gasteiger partial charge in [-0.3, -0.25) is 0 Å². The number of nitriles is 1. The second kappa shape index (κ2) is 5.58. The van der Waals surface area contributed by atoms with Crippen LogP contribution in [0.5, 0.6) is 11.5 Å². The molecule has 0 N–H and O–H groups in total. The molecule has 2 heteroatoms. The summed E-state index contributed by atoms with van der Waals surface area (Å²) in [6.45, 7) is 6.22. The highest BCUT2D eigenvalue weighted by Crippen LogP contribution is 2.28. The summed E-state index contributed by atoms with van der Waals surface area (Å²) in [7, 11) is 0. The number of hydrogen-bond donors (Lipinski definition) is 0. The zero-order valence-corrected chi connectivity index (χ0v) is 11.5. The maximum atomic E-state index is 9.16. The molecule has 0 amide bonds. The molecule has 2 rings (SSSR count). The number of ether oxygens (including phenoxy) is 1. The fourth-order valence-electron chi connectivity index (χ4n) is 1.92. The summed E-state index contributed by atoms with van der Waals surface area (Å²) in [6.07, 6.45) is 0. The number of aryl methyl sites for hydroxylation is 1. The van der Waals surface area contributed by atoms with Crippen molar-refractivity contribution in [2.75, 3.05) is 0 Å². The highest BCUT2D eigenvalue weighted by atomic mass is 16.5. The number of hydrogen-bond acceptors (Lipinski definition) is 2. The van der Waals surface area contributed by atoms with Gasteiger partial charge in [-0.1, -0.05) is 38.1 Å².